The number of nitrogens with zero attached hydrogens (tertiary/aromatic N) is 5. The van der Waals surface area contributed by atoms with Gasteiger partial charge in [-0.15, -0.1) is 0 Å². The minimum absolute atomic E-state index is 0.00391. The normalized spacial score (nSPS) is 21.1. The summed E-state index contributed by atoms with van der Waals surface area (Å²) in [5.41, 5.74) is 3.63. The number of β-amino-alcohol motifs (C(OH)–C–C–N with tert-alkyl or cyclic N) is 1. The molecule has 0 unspecified atom stereocenters. The summed E-state index contributed by atoms with van der Waals surface area (Å²) in [5.74, 6) is 0.517. The van der Waals surface area contributed by atoms with Crippen molar-refractivity contribution in [1.82, 2.24) is 25.1 Å². The van der Waals surface area contributed by atoms with E-state index in [1.54, 1.807) is 6.07 Å². The number of aliphatic hydroxyl groups excluding tert-OH is 1. The molecular formula is C29H37N7O4. The third-order valence-electron chi connectivity index (χ3n) is 8.50. The molecule has 1 aromatic carbocycles. The molecule has 2 amide bonds. The van der Waals surface area contributed by atoms with E-state index >= 15 is 0 Å². The molecule has 2 aliphatic heterocycles. The Balaban J connectivity index is 0.930. The van der Waals surface area contributed by atoms with Crippen molar-refractivity contribution in [2.75, 3.05) is 45.2 Å². The largest absolute Gasteiger partial charge is 0.399 e. The number of oxime groups is 1. The molecule has 1 aromatic heterocycles. The van der Waals surface area contributed by atoms with Gasteiger partial charge in [-0.2, -0.15) is 0 Å². The quantitative estimate of drug-likeness (QED) is 0.301. The van der Waals surface area contributed by atoms with E-state index in [2.05, 4.69) is 48.9 Å². The van der Waals surface area contributed by atoms with Crippen LogP contribution in [-0.2, 0) is 22.6 Å². The highest BCUT2D eigenvalue weighted by atomic mass is 16.6. The number of benzene rings is 1. The van der Waals surface area contributed by atoms with Gasteiger partial charge in [0, 0.05) is 62.7 Å². The van der Waals surface area contributed by atoms with Crippen LogP contribution in [0.1, 0.15) is 47.3 Å². The summed E-state index contributed by atoms with van der Waals surface area (Å²) in [4.78, 5) is 42.9. The Labute approximate surface area is 234 Å². The van der Waals surface area contributed by atoms with E-state index in [0.717, 1.165) is 58.3 Å². The summed E-state index contributed by atoms with van der Waals surface area (Å²) in [5, 5.41) is 20.7. The van der Waals surface area contributed by atoms with Gasteiger partial charge in [-0.3, -0.25) is 14.5 Å². The lowest BCUT2D eigenvalue weighted by Gasteiger charge is -2.59. The van der Waals surface area contributed by atoms with Gasteiger partial charge in [-0.05, 0) is 43.2 Å². The summed E-state index contributed by atoms with van der Waals surface area (Å²) >= 11 is 0. The summed E-state index contributed by atoms with van der Waals surface area (Å²) in [7, 11) is 1.48. The van der Waals surface area contributed by atoms with Crippen LogP contribution in [-0.4, -0.2) is 94.4 Å². The van der Waals surface area contributed by atoms with Gasteiger partial charge in [0.05, 0.1) is 6.10 Å². The van der Waals surface area contributed by atoms with Crippen molar-refractivity contribution in [2.24, 2.45) is 16.5 Å². The predicted octanol–water partition coefficient (Wildman–Crippen LogP) is 1.44. The van der Waals surface area contributed by atoms with Crippen LogP contribution in [0.2, 0.25) is 0 Å². The average molecular weight is 548 g/mol. The zero-order chi connectivity index (χ0) is 27.7. The van der Waals surface area contributed by atoms with Crippen LogP contribution in [0.4, 0.5) is 5.82 Å². The fourth-order valence-electron chi connectivity index (χ4n) is 6.30. The molecule has 0 bridgehead atoms. The van der Waals surface area contributed by atoms with Gasteiger partial charge in [0.25, 0.3) is 11.8 Å². The topological polar surface area (TPSA) is 132 Å². The monoisotopic (exact) mass is 547 g/mol. The van der Waals surface area contributed by atoms with Gasteiger partial charge in [-0.25, -0.2) is 9.97 Å². The zero-order valence-corrected chi connectivity index (χ0v) is 22.9. The fraction of sp³-hybridized carbons (Fsp3) is 0.552. The lowest BCUT2D eigenvalue weighted by Crippen LogP contribution is -2.67. The van der Waals surface area contributed by atoms with Crippen molar-refractivity contribution in [3.05, 3.63) is 53.5 Å². The maximum absolute atomic E-state index is 12.8. The van der Waals surface area contributed by atoms with E-state index in [4.69, 9.17) is 4.84 Å². The Kier molecular flexibility index (Phi) is 7.41. The number of nitrogens with one attached hydrogen (secondary N) is 2. The Hall–Kier alpha value is -3.57. The predicted molar refractivity (Wildman–Crippen MR) is 149 cm³/mol. The van der Waals surface area contributed by atoms with Crippen LogP contribution in [0.5, 0.6) is 0 Å². The van der Waals surface area contributed by atoms with E-state index in [9.17, 15) is 14.7 Å². The van der Waals surface area contributed by atoms with Gasteiger partial charge in [0.15, 0.2) is 0 Å². The summed E-state index contributed by atoms with van der Waals surface area (Å²) in [6.45, 7) is 3.83. The highest BCUT2D eigenvalue weighted by molar-refractivity contribution is 6.40. The Morgan fingerprint density at radius 3 is 2.73 bits per heavy atom. The first-order valence-electron chi connectivity index (χ1n) is 14.2. The fourth-order valence-corrected chi connectivity index (χ4v) is 6.30. The van der Waals surface area contributed by atoms with Crippen LogP contribution in [0.3, 0.4) is 0 Å². The van der Waals surface area contributed by atoms with Crippen molar-refractivity contribution < 1.29 is 19.5 Å². The van der Waals surface area contributed by atoms with Crippen molar-refractivity contribution in [1.29, 1.82) is 0 Å². The van der Waals surface area contributed by atoms with Gasteiger partial charge in [-0.1, -0.05) is 29.4 Å². The molecule has 212 valence electrons. The average Bonchev–Trinajstić information content (AvgIpc) is 3.76. The molecule has 1 spiro atoms. The lowest BCUT2D eigenvalue weighted by molar-refractivity contribution is -0.143. The van der Waals surface area contributed by atoms with Gasteiger partial charge in [0.1, 0.15) is 30.7 Å². The maximum Gasteiger partial charge on any atom is 0.271 e. The molecule has 6 rings (SSSR count). The summed E-state index contributed by atoms with van der Waals surface area (Å²) in [6, 6.07) is 10.3. The SMILES string of the molecule is CON=C(C(=O)N1CC2(CC(Nc3cc(C(=O)NC[C@H](O)CN4CCc5ccccc5C4)ncn3)C2)C1)C1CC1. The Bertz CT molecular complexity index is 1280. The molecule has 3 heterocycles. The molecule has 2 aromatic rings. The number of amides is 2. The number of fused-ring (bicyclic) bond motifs is 1. The number of carbonyl (C=O) groups excluding carboxylic acids is 2. The summed E-state index contributed by atoms with van der Waals surface area (Å²) < 4.78 is 0. The van der Waals surface area contributed by atoms with Crippen LogP contribution in [0.25, 0.3) is 0 Å². The molecule has 40 heavy (non-hydrogen) atoms. The van der Waals surface area contributed by atoms with Gasteiger partial charge >= 0.3 is 0 Å². The number of hydrogen-bond donors (Lipinski definition) is 3. The van der Waals surface area contributed by atoms with E-state index in [0.29, 0.717) is 18.1 Å². The minimum Gasteiger partial charge on any atom is -0.399 e. The first-order chi connectivity index (χ1) is 19.4. The van der Waals surface area contributed by atoms with Gasteiger partial charge < -0.3 is 25.5 Å². The number of rotatable bonds is 10. The number of carbonyl (C=O) groups is 2. The van der Waals surface area contributed by atoms with E-state index in [1.165, 1.54) is 24.6 Å². The third-order valence-corrected chi connectivity index (χ3v) is 8.50. The van der Waals surface area contributed by atoms with E-state index in [-0.39, 0.29) is 41.4 Å². The molecular weight excluding hydrogens is 510 g/mol. The second-order valence-electron chi connectivity index (χ2n) is 11.8. The number of aromatic nitrogens is 2. The van der Waals surface area contributed by atoms with Crippen LogP contribution in [0.15, 0.2) is 41.8 Å². The molecule has 1 saturated heterocycles. The van der Waals surface area contributed by atoms with Crippen molar-refractivity contribution in [3.63, 3.8) is 0 Å². The third kappa shape index (κ3) is 5.80. The lowest BCUT2D eigenvalue weighted by atomic mass is 9.60. The van der Waals surface area contributed by atoms with Crippen LogP contribution in [0, 0.1) is 11.3 Å². The zero-order valence-electron chi connectivity index (χ0n) is 22.9. The molecule has 4 aliphatic rings. The maximum atomic E-state index is 12.8. The summed E-state index contributed by atoms with van der Waals surface area (Å²) in [6.07, 6.45) is 5.57. The van der Waals surface area contributed by atoms with E-state index < -0.39 is 6.10 Å². The molecule has 2 saturated carbocycles. The molecule has 3 fully saturated rings. The smallest absolute Gasteiger partial charge is 0.271 e. The second kappa shape index (κ2) is 11.1. The number of aliphatic hydroxyl groups is 1. The Morgan fingerprint density at radius 2 is 1.98 bits per heavy atom. The number of hydrogen-bond acceptors (Lipinski definition) is 9. The van der Waals surface area contributed by atoms with Crippen LogP contribution >= 0.6 is 0 Å². The first-order valence-corrected chi connectivity index (χ1v) is 14.2. The van der Waals surface area contributed by atoms with Crippen molar-refractivity contribution >= 4 is 23.3 Å². The van der Waals surface area contributed by atoms with E-state index in [1.807, 2.05) is 11.0 Å². The highest BCUT2D eigenvalue weighted by Gasteiger charge is 2.55. The minimum atomic E-state index is -0.671. The highest BCUT2D eigenvalue weighted by Crippen LogP contribution is 2.49. The Morgan fingerprint density at radius 1 is 1.20 bits per heavy atom. The first kappa shape index (κ1) is 26.6. The molecule has 2 aliphatic carbocycles. The molecule has 3 N–H and O–H groups in total. The molecule has 1 atom stereocenters. The molecule has 11 nitrogen and oxygen atoms in total. The van der Waals surface area contributed by atoms with Crippen LogP contribution < -0.4 is 10.6 Å². The van der Waals surface area contributed by atoms with Crippen molar-refractivity contribution in [2.45, 2.75) is 50.8 Å². The number of anilines is 1. The molecule has 11 heteroatoms. The van der Waals surface area contributed by atoms with Gasteiger partial charge in [0.2, 0.25) is 0 Å². The standard InChI is InChI=1S/C29H37N7O4/c1-40-34-26(20-6-7-20)28(39)36-16-29(17-36)11-22(12-29)33-25-10-24(31-18-32-25)27(38)30-13-23(37)15-35-9-8-19-4-2-3-5-21(19)14-35/h2-5,10,18,20,22-23,37H,6-9,11-17H2,1H3,(H,30,38)(H,31,32,33)/t23-/m0/s1. The molecule has 0 radical (unpaired) electrons. The second-order valence-corrected chi connectivity index (χ2v) is 11.8. The number of likely N-dealkylation sites (tertiary alicyclic amines) is 1. The van der Waals surface area contributed by atoms with Crippen molar-refractivity contribution in [3.8, 4) is 0 Å².